The summed E-state index contributed by atoms with van der Waals surface area (Å²) in [4.78, 5) is 14.1. The lowest BCUT2D eigenvalue weighted by molar-refractivity contribution is -0.131. The van der Waals surface area contributed by atoms with Crippen LogP contribution in [-0.4, -0.2) is 30.5 Å². The van der Waals surface area contributed by atoms with Crippen LogP contribution in [-0.2, 0) is 4.79 Å². The zero-order valence-corrected chi connectivity index (χ0v) is 12.7. The summed E-state index contributed by atoms with van der Waals surface area (Å²) in [6.07, 6.45) is 2.11. The Morgan fingerprint density at radius 1 is 1.14 bits per heavy atom. The molecule has 0 bridgehead atoms. The number of ether oxygens (including phenoxy) is 1. The second-order valence-corrected chi connectivity index (χ2v) is 5.47. The van der Waals surface area contributed by atoms with Crippen molar-refractivity contribution in [3.8, 4) is 5.75 Å². The molecule has 2 aromatic carbocycles. The molecule has 0 aliphatic carbocycles. The van der Waals surface area contributed by atoms with Crippen LogP contribution in [0.15, 0.2) is 60.7 Å². The number of rotatable bonds is 4. The van der Waals surface area contributed by atoms with Gasteiger partial charge in [0.25, 0.3) is 5.91 Å². The van der Waals surface area contributed by atoms with Gasteiger partial charge < -0.3 is 9.64 Å². The first kappa shape index (κ1) is 14.4. The van der Waals surface area contributed by atoms with Crippen LogP contribution >= 0.6 is 0 Å². The average Bonchev–Trinajstić information content (AvgIpc) is 3.04. The number of benzene rings is 2. The van der Waals surface area contributed by atoms with E-state index in [1.54, 1.807) is 0 Å². The van der Waals surface area contributed by atoms with E-state index in [2.05, 4.69) is 18.2 Å². The first-order valence-electron chi connectivity index (χ1n) is 7.44. The van der Waals surface area contributed by atoms with E-state index in [9.17, 15) is 4.79 Å². The number of hydrogen-bond donors (Lipinski definition) is 0. The summed E-state index contributed by atoms with van der Waals surface area (Å²) >= 11 is 0. The molecule has 0 aromatic heterocycles. The van der Waals surface area contributed by atoms with Gasteiger partial charge in [0.1, 0.15) is 5.75 Å². The van der Waals surface area contributed by atoms with E-state index >= 15 is 0 Å². The molecular formula is C19H19NO2. The summed E-state index contributed by atoms with van der Waals surface area (Å²) in [5.41, 5.74) is 3.50. The Bertz CT molecular complexity index is 692. The lowest BCUT2D eigenvalue weighted by Gasteiger charge is -2.17. The summed E-state index contributed by atoms with van der Waals surface area (Å²) in [6, 6.07) is 17.9. The van der Waals surface area contributed by atoms with Gasteiger partial charge in [-0.2, -0.15) is 0 Å². The van der Waals surface area contributed by atoms with E-state index in [0.717, 1.165) is 11.3 Å². The first-order chi connectivity index (χ1) is 10.7. The minimum Gasteiger partial charge on any atom is -0.484 e. The van der Waals surface area contributed by atoms with Crippen molar-refractivity contribution in [1.29, 1.82) is 0 Å². The number of amides is 1. The smallest absolute Gasteiger partial charge is 0.261 e. The van der Waals surface area contributed by atoms with Crippen LogP contribution in [0.25, 0.3) is 5.57 Å². The Kier molecular flexibility index (Phi) is 4.24. The molecule has 0 N–H and O–H groups in total. The molecule has 1 aliphatic rings. The van der Waals surface area contributed by atoms with Crippen LogP contribution in [0.2, 0.25) is 0 Å². The fourth-order valence-electron chi connectivity index (χ4n) is 2.55. The van der Waals surface area contributed by atoms with Gasteiger partial charge in [0, 0.05) is 13.1 Å². The lowest BCUT2D eigenvalue weighted by atomic mass is 10.1. The van der Waals surface area contributed by atoms with E-state index in [1.807, 2.05) is 54.3 Å². The molecule has 3 nitrogen and oxygen atoms in total. The van der Waals surface area contributed by atoms with Gasteiger partial charge >= 0.3 is 0 Å². The second kappa shape index (κ2) is 6.48. The summed E-state index contributed by atoms with van der Waals surface area (Å²) in [5.74, 6) is 0.757. The molecule has 0 saturated carbocycles. The van der Waals surface area contributed by atoms with Crippen LogP contribution < -0.4 is 4.74 Å². The van der Waals surface area contributed by atoms with Gasteiger partial charge in [-0.25, -0.2) is 0 Å². The highest BCUT2D eigenvalue weighted by Crippen LogP contribution is 2.21. The number of hydrogen-bond acceptors (Lipinski definition) is 2. The molecule has 112 valence electrons. The summed E-state index contributed by atoms with van der Waals surface area (Å²) in [6.45, 7) is 3.39. The van der Waals surface area contributed by atoms with Crippen LogP contribution in [0.4, 0.5) is 0 Å². The van der Waals surface area contributed by atoms with E-state index in [0.29, 0.717) is 13.1 Å². The summed E-state index contributed by atoms with van der Waals surface area (Å²) in [5, 5.41) is 0. The van der Waals surface area contributed by atoms with Gasteiger partial charge in [0.05, 0.1) is 0 Å². The Hall–Kier alpha value is -2.55. The van der Waals surface area contributed by atoms with Crippen molar-refractivity contribution >= 4 is 11.5 Å². The van der Waals surface area contributed by atoms with Crippen molar-refractivity contribution < 1.29 is 9.53 Å². The third-order valence-electron chi connectivity index (χ3n) is 3.77. The standard InChI is InChI=1S/C19H19NO2/c1-15-6-5-9-18(12-15)22-14-19(21)20-11-10-17(13-20)16-7-3-2-4-8-16/h2-10,12H,11,13-14H2,1H3. The zero-order chi connectivity index (χ0) is 15.4. The molecule has 0 atom stereocenters. The van der Waals surface area contributed by atoms with E-state index in [4.69, 9.17) is 4.74 Å². The molecule has 3 rings (SSSR count). The van der Waals surface area contributed by atoms with Crippen molar-refractivity contribution in [2.24, 2.45) is 0 Å². The molecule has 2 aromatic rings. The molecule has 0 radical (unpaired) electrons. The predicted octanol–water partition coefficient (Wildman–Crippen LogP) is 3.30. The predicted molar refractivity (Wildman–Crippen MR) is 87.7 cm³/mol. The monoisotopic (exact) mass is 293 g/mol. The molecule has 1 amide bonds. The molecule has 1 heterocycles. The highest BCUT2D eigenvalue weighted by atomic mass is 16.5. The Morgan fingerprint density at radius 2 is 1.95 bits per heavy atom. The van der Waals surface area contributed by atoms with Crippen LogP contribution in [0.1, 0.15) is 11.1 Å². The van der Waals surface area contributed by atoms with Crippen LogP contribution in [0.5, 0.6) is 5.75 Å². The maximum Gasteiger partial charge on any atom is 0.261 e. The van der Waals surface area contributed by atoms with Gasteiger partial charge in [-0.15, -0.1) is 0 Å². The number of aryl methyl sites for hydroxylation is 1. The summed E-state index contributed by atoms with van der Waals surface area (Å²) in [7, 11) is 0. The third-order valence-corrected chi connectivity index (χ3v) is 3.77. The SMILES string of the molecule is Cc1cccc(OCC(=O)N2CC=C(c3ccccc3)C2)c1. The van der Waals surface area contributed by atoms with E-state index in [-0.39, 0.29) is 12.5 Å². The molecule has 0 fully saturated rings. The second-order valence-electron chi connectivity index (χ2n) is 5.47. The van der Waals surface area contributed by atoms with Crippen molar-refractivity contribution in [2.45, 2.75) is 6.92 Å². The zero-order valence-electron chi connectivity index (χ0n) is 12.7. The molecule has 22 heavy (non-hydrogen) atoms. The van der Waals surface area contributed by atoms with E-state index < -0.39 is 0 Å². The Labute approximate surface area is 130 Å². The Balaban J connectivity index is 1.55. The quantitative estimate of drug-likeness (QED) is 0.865. The average molecular weight is 293 g/mol. The first-order valence-corrected chi connectivity index (χ1v) is 7.44. The van der Waals surface area contributed by atoms with Gasteiger partial charge in [-0.3, -0.25) is 4.79 Å². The van der Waals surface area contributed by atoms with Gasteiger partial charge in [-0.1, -0.05) is 48.5 Å². The topological polar surface area (TPSA) is 29.5 Å². The maximum atomic E-state index is 12.2. The fraction of sp³-hybridized carbons (Fsp3) is 0.211. The molecule has 0 unspecified atom stereocenters. The van der Waals surface area contributed by atoms with Gasteiger partial charge in [0.2, 0.25) is 0 Å². The highest BCUT2D eigenvalue weighted by molar-refractivity contribution is 5.83. The van der Waals surface area contributed by atoms with Gasteiger partial charge in [-0.05, 0) is 35.8 Å². The van der Waals surface area contributed by atoms with Crippen LogP contribution in [0, 0.1) is 6.92 Å². The number of carbonyl (C=O) groups excluding carboxylic acids is 1. The maximum absolute atomic E-state index is 12.2. The van der Waals surface area contributed by atoms with Crippen molar-refractivity contribution in [1.82, 2.24) is 4.90 Å². The van der Waals surface area contributed by atoms with Crippen LogP contribution in [0.3, 0.4) is 0 Å². The number of carbonyl (C=O) groups is 1. The largest absolute Gasteiger partial charge is 0.484 e. The molecule has 0 spiro atoms. The lowest BCUT2D eigenvalue weighted by Crippen LogP contribution is -2.33. The fourth-order valence-corrected chi connectivity index (χ4v) is 2.55. The Morgan fingerprint density at radius 3 is 2.73 bits per heavy atom. The highest BCUT2D eigenvalue weighted by Gasteiger charge is 2.20. The molecule has 0 saturated heterocycles. The van der Waals surface area contributed by atoms with Gasteiger partial charge in [0.15, 0.2) is 6.61 Å². The minimum absolute atomic E-state index is 0.0173. The minimum atomic E-state index is 0.0173. The van der Waals surface area contributed by atoms with Crippen molar-refractivity contribution in [2.75, 3.05) is 19.7 Å². The van der Waals surface area contributed by atoms with Crippen molar-refractivity contribution in [3.63, 3.8) is 0 Å². The third kappa shape index (κ3) is 3.37. The van der Waals surface area contributed by atoms with E-state index in [1.165, 1.54) is 11.1 Å². The number of nitrogens with zero attached hydrogens (tertiary/aromatic N) is 1. The normalized spacial score (nSPS) is 13.9. The summed E-state index contributed by atoms with van der Waals surface area (Å²) < 4.78 is 5.59. The molecule has 3 heteroatoms. The molecular weight excluding hydrogens is 274 g/mol. The van der Waals surface area contributed by atoms with Crippen molar-refractivity contribution in [3.05, 3.63) is 71.8 Å². The molecule has 1 aliphatic heterocycles.